The quantitative estimate of drug-likeness (QED) is 0.751. The molecule has 3 heteroatoms. The second-order valence-electron chi connectivity index (χ2n) is 5.56. The van der Waals surface area contributed by atoms with Gasteiger partial charge in [-0.3, -0.25) is 4.90 Å². The van der Waals surface area contributed by atoms with Crippen molar-refractivity contribution in [1.29, 1.82) is 0 Å². The van der Waals surface area contributed by atoms with Crippen molar-refractivity contribution in [2.75, 3.05) is 33.9 Å². The Bertz CT molecular complexity index is 364. The van der Waals surface area contributed by atoms with Gasteiger partial charge in [-0.15, -0.1) is 0 Å². The van der Waals surface area contributed by atoms with Crippen LogP contribution in [0, 0.1) is 6.92 Å². The third kappa shape index (κ3) is 5.23. The number of nitrogens with zero attached hydrogens (tertiary/aromatic N) is 1. The summed E-state index contributed by atoms with van der Waals surface area (Å²) in [6, 6.07) is 9.65. The molecule has 1 aromatic rings. The Morgan fingerprint density at radius 1 is 1.25 bits per heavy atom. The highest BCUT2D eigenvalue weighted by Gasteiger charge is 2.21. The summed E-state index contributed by atoms with van der Waals surface area (Å²) in [5, 5.41) is 3.68. The van der Waals surface area contributed by atoms with Crippen LogP contribution in [0.15, 0.2) is 24.3 Å². The third-order valence-electron chi connectivity index (χ3n) is 3.88. The molecule has 1 N–H and O–H groups in total. The summed E-state index contributed by atoms with van der Waals surface area (Å²) in [5.74, 6) is 0. The highest BCUT2D eigenvalue weighted by Crippen LogP contribution is 2.21. The number of ether oxygens (including phenoxy) is 1. The molecule has 0 fully saturated rings. The fourth-order valence-electron chi connectivity index (χ4n) is 2.33. The zero-order valence-electron chi connectivity index (χ0n) is 13.6. The van der Waals surface area contributed by atoms with Crippen LogP contribution in [0.25, 0.3) is 0 Å². The first-order valence-electron chi connectivity index (χ1n) is 7.59. The van der Waals surface area contributed by atoms with Crippen LogP contribution in [0.3, 0.4) is 0 Å². The highest BCUT2D eigenvalue weighted by atomic mass is 16.5. The highest BCUT2D eigenvalue weighted by molar-refractivity contribution is 5.25. The van der Waals surface area contributed by atoms with E-state index in [1.165, 1.54) is 11.1 Å². The molecule has 0 aliphatic carbocycles. The van der Waals surface area contributed by atoms with Crippen LogP contribution in [-0.4, -0.2) is 44.8 Å². The van der Waals surface area contributed by atoms with E-state index in [1.54, 1.807) is 7.11 Å². The van der Waals surface area contributed by atoms with Crippen molar-refractivity contribution in [3.63, 3.8) is 0 Å². The molecule has 1 aromatic carbocycles. The molecule has 2 atom stereocenters. The minimum Gasteiger partial charge on any atom is -0.383 e. The van der Waals surface area contributed by atoms with Gasteiger partial charge in [0.2, 0.25) is 0 Å². The molecule has 3 nitrogen and oxygen atoms in total. The number of hydrogen-bond donors (Lipinski definition) is 1. The molecular weight excluding hydrogens is 248 g/mol. The Kier molecular flexibility index (Phi) is 7.82. The lowest BCUT2D eigenvalue weighted by Gasteiger charge is -2.33. The topological polar surface area (TPSA) is 24.5 Å². The van der Waals surface area contributed by atoms with Crippen molar-refractivity contribution in [2.24, 2.45) is 0 Å². The summed E-state index contributed by atoms with van der Waals surface area (Å²) in [6.45, 7) is 9.39. The summed E-state index contributed by atoms with van der Waals surface area (Å²) in [7, 11) is 3.92. The van der Waals surface area contributed by atoms with Gasteiger partial charge in [0, 0.05) is 25.7 Å². The molecular formula is C17H30N2O. The Labute approximate surface area is 124 Å². The zero-order chi connectivity index (χ0) is 15.0. The van der Waals surface area contributed by atoms with Gasteiger partial charge in [0.1, 0.15) is 0 Å². The van der Waals surface area contributed by atoms with E-state index in [-0.39, 0.29) is 0 Å². The number of aryl methyl sites for hydroxylation is 1. The summed E-state index contributed by atoms with van der Waals surface area (Å²) in [5.41, 5.74) is 2.67. The van der Waals surface area contributed by atoms with Crippen LogP contribution in [0.5, 0.6) is 0 Å². The SMILES string of the molecule is CCCNC(c1ccc(C)cc1)C(C)N(C)CCOC. The molecule has 0 saturated carbocycles. The van der Waals surface area contributed by atoms with Gasteiger partial charge in [0.15, 0.2) is 0 Å². The fourth-order valence-corrected chi connectivity index (χ4v) is 2.33. The van der Waals surface area contributed by atoms with Crippen LogP contribution in [-0.2, 0) is 4.74 Å². The van der Waals surface area contributed by atoms with E-state index < -0.39 is 0 Å². The predicted octanol–water partition coefficient (Wildman–Crippen LogP) is 3.00. The Balaban J connectivity index is 2.79. The molecule has 0 amide bonds. The van der Waals surface area contributed by atoms with Gasteiger partial charge in [-0.2, -0.15) is 0 Å². The van der Waals surface area contributed by atoms with Crippen molar-refractivity contribution >= 4 is 0 Å². The number of likely N-dealkylation sites (N-methyl/N-ethyl adjacent to an activating group) is 1. The van der Waals surface area contributed by atoms with E-state index >= 15 is 0 Å². The molecule has 0 radical (unpaired) electrons. The zero-order valence-corrected chi connectivity index (χ0v) is 13.6. The Hall–Kier alpha value is -0.900. The van der Waals surface area contributed by atoms with E-state index in [0.717, 1.165) is 26.1 Å². The van der Waals surface area contributed by atoms with Crippen molar-refractivity contribution in [1.82, 2.24) is 10.2 Å². The number of benzene rings is 1. The summed E-state index contributed by atoms with van der Waals surface area (Å²) < 4.78 is 5.18. The third-order valence-corrected chi connectivity index (χ3v) is 3.88. The maximum atomic E-state index is 5.18. The molecule has 0 aromatic heterocycles. The van der Waals surface area contributed by atoms with Crippen molar-refractivity contribution in [3.05, 3.63) is 35.4 Å². The lowest BCUT2D eigenvalue weighted by Crippen LogP contribution is -2.42. The molecule has 0 spiro atoms. The first-order chi connectivity index (χ1) is 9.60. The van der Waals surface area contributed by atoms with E-state index in [9.17, 15) is 0 Å². The normalized spacial score (nSPS) is 14.5. The minimum absolute atomic E-state index is 0.359. The van der Waals surface area contributed by atoms with Gasteiger partial charge >= 0.3 is 0 Å². The fraction of sp³-hybridized carbons (Fsp3) is 0.647. The number of methoxy groups -OCH3 is 1. The average molecular weight is 278 g/mol. The molecule has 0 saturated heterocycles. The van der Waals surface area contributed by atoms with Gasteiger partial charge in [-0.25, -0.2) is 0 Å². The van der Waals surface area contributed by atoms with Gasteiger partial charge in [0.25, 0.3) is 0 Å². The summed E-state index contributed by atoms with van der Waals surface area (Å²) >= 11 is 0. The molecule has 2 unspecified atom stereocenters. The Morgan fingerprint density at radius 3 is 2.45 bits per heavy atom. The number of rotatable bonds is 9. The maximum Gasteiger partial charge on any atom is 0.0589 e. The molecule has 114 valence electrons. The van der Waals surface area contributed by atoms with Crippen LogP contribution in [0.2, 0.25) is 0 Å². The first-order valence-corrected chi connectivity index (χ1v) is 7.59. The molecule has 1 rings (SSSR count). The van der Waals surface area contributed by atoms with E-state index in [4.69, 9.17) is 4.74 Å². The Morgan fingerprint density at radius 2 is 1.90 bits per heavy atom. The monoisotopic (exact) mass is 278 g/mol. The number of nitrogens with one attached hydrogen (secondary N) is 1. The van der Waals surface area contributed by atoms with Gasteiger partial charge in [-0.05, 0) is 39.4 Å². The van der Waals surface area contributed by atoms with Crippen molar-refractivity contribution < 1.29 is 4.74 Å². The molecule has 20 heavy (non-hydrogen) atoms. The summed E-state index contributed by atoms with van der Waals surface area (Å²) in [6.07, 6.45) is 1.15. The van der Waals surface area contributed by atoms with E-state index in [1.807, 2.05) is 0 Å². The minimum atomic E-state index is 0.359. The van der Waals surface area contributed by atoms with E-state index in [0.29, 0.717) is 12.1 Å². The van der Waals surface area contributed by atoms with Gasteiger partial charge in [-0.1, -0.05) is 36.8 Å². The second kappa shape index (κ2) is 9.11. The first kappa shape index (κ1) is 17.2. The van der Waals surface area contributed by atoms with Crippen LogP contribution >= 0.6 is 0 Å². The lowest BCUT2D eigenvalue weighted by atomic mass is 9.98. The van der Waals surface area contributed by atoms with Gasteiger partial charge in [0.05, 0.1) is 6.61 Å². The standard InChI is InChI=1S/C17H30N2O/c1-6-11-18-17(15(3)19(4)12-13-20-5)16-9-7-14(2)8-10-16/h7-10,15,17-18H,6,11-13H2,1-5H3. The molecule has 0 aliphatic heterocycles. The van der Waals surface area contributed by atoms with Crippen LogP contribution in [0.4, 0.5) is 0 Å². The van der Waals surface area contributed by atoms with Gasteiger partial charge < -0.3 is 10.1 Å². The molecule has 0 heterocycles. The van der Waals surface area contributed by atoms with Crippen molar-refractivity contribution in [3.8, 4) is 0 Å². The molecule has 0 bridgehead atoms. The van der Waals surface area contributed by atoms with Crippen molar-refractivity contribution in [2.45, 2.75) is 39.3 Å². The molecule has 0 aliphatic rings. The maximum absolute atomic E-state index is 5.18. The van der Waals surface area contributed by atoms with Crippen LogP contribution in [0.1, 0.15) is 37.4 Å². The average Bonchev–Trinajstić information content (AvgIpc) is 2.46. The summed E-state index contributed by atoms with van der Waals surface area (Å²) in [4.78, 5) is 2.36. The number of hydrogen-bond acceptors (Lipinski definition) is 3. The lowest BCUT2D eigenvalue weighted by molar-refractivity contribution is 0.129. The second-order valence-corrected chi connectivity index (χ2v) is 5.56. The van der Waals surface area contributed by atoms with E-state index in [2.05, 4.69) is 62.3 Å². The predicted molar refractivity (Wildman–Crippen MR) is 86.2 cm³/mol. The van der Waals surface area contributed by atoms with Crippen LogP contribution < -0.4 is 5.32 Å². The largest absolute Gasteiger partial charge is 0.383 e. The smallest absolute Gasteiger partial charge is 0.0589 e.